The molecule has 0 bridgehead atoms. The third-order valence-electron chi connectivity index (χ3n) is 4.58. The van der Waals surface area contributed by atoms with Crippen LogP contribution in [0.5, 0.6) is 0 Å². The quantitative estimate of drug-likeness (QED) is 0.554. The molecular weight excluding hydrogens is 376 g/mol. The lowest BCUT2D eigenvalue weighted by molar-refractivity contribution is 0.0698. The summed E-state index contributed by atoms with van der Waals surface area (Å²) < 4.78 is 1.56. The van der Waals surface area contributed by atoms with Crippen LogP contribution in [0.1, 0.15) is 10.4 Å². The highest BCUT2D eigenvalue weighted by atomic mass is 35.5. The van der Waals surface area contributed by atoms with Crippen molar-refractivity contribution in [1.29, 1.82) is 0 Å². The zero-order chi connectivity index (χ0) is 19.8. The lowest BCUT2D eigenvalue weighted by atomic mass is 10.00. The number of rotatable bonds is 4. The van der Waals surface area contributed by atoms with Gasteiger partial charge in [0.1, 0.15) is 5.56 Å². The predicted octanol–water partition coefficient (Wildman–Crippen LogP) is 4.48. The number of anilines is 1. The summed E-state index contributed by atoms with van der Waals surface area (Å²) in [7, 11) is 3.95. The van der Waals surface area contributed by atoms with Gasteiger partial charge >= 0.3 is 5.97 Å². The van der Waals surface area contributed by atoms with Crippen molar-refractivity contribution in [1.82, 2.24) is 14.6 Å². The Morgan fingerprint density at radius 2 is 1.75 bits per heavy atom. The van der Waals surface area contributed by atoms with Gasteiger partial charge in [0.05, 0.1) is 11.9 Å². The molecule has 0 saturated heterocycles. The number of carboxylic acids is 1. The summed E-state index contributed by atoms with van der Waals surface area (Å²) in [4.78, 5) is 17.9. The molecule has 0 unspecified atom stereocenters. The van der Waals surface area contributed by atoms with E-state index < -0.39 is 5.97 Å². The van der Waals surface area contributed by atoms with Crippen molar-refractivity contribution in [2.75, 3.05) is 19.0 Å². The maximum Gasteiger partial charge on any atom is 0.341 e. The lowest BCUT2D eigenvalue weighted by Crippen LogP contribution is -2.08. The van der Waals surface area contributed by atoms with Crippen molar-refractivity contribution >= 4 is 28.9 Å². The maximum atomic E-state index is 11.5. The molecule has 0 aliphatic carbocycles. The van der Waals surface area contributed by atoms with E-state index in [2.05, 4.69) is 10.1 Å². The molecule has 1 N–H and O–H groups in total. The van der Waals surface area contributed by atoms with Gasteiger partial charge in [-0.2, -0.15) is 5.10 Å². The fourth-order valence-electron chi connectivity index (χ4n) is 3.15. The Morgan fingerprint density at radius 3 is 2.39 bits per heavy atom. The largest absolute Gasteiger partial charge is 0.477 e. The molecule has 2 aromatic carbocycles. The topological polar surface area (TPSA) is 70.7 Å². The average molecular weight is 393 g/mol. The van der Waals surface area contributed by atoms with Gasteiger partial charge in [-0.1, -0.05) is 41.9 Å². The predicted molar refractivity (Wildman–Crippen MR) is 110 cm³/mol. The van der Waals surface area contributed by atoms with Gasteiger partial charge in [-0.3, -0.25) is 0 Å². The van der Waals surface area contributed by atoms with Crippen LogP contribution in [0.3, 0.4) is 0 Å². The molecule has 4 rings (SSSR count). The summed E-state index contributed by atoms with van der Waals surface area (Å²) >= 11 is 6.43. The lowest BCUT2D eigenvalue weighted by Gasteiger charge is -2.15. The van der Waals surface area contributed by atoms with Crippen LogP contribution >= 0.6 is 11.6 Å². The number of carbonyl (C=O) groups is 1. The number of benzene rings is 2. The van der Waals surface area contributed by atoms with Crippen molar-refractivity contribution in [2.24, 2.45) is 0 Å². The zero-order valence-corrected chi connectivity index (χ0v) is 16.1. The van der Waals surface area contributed by atoms with Crippen molar-refractivity contribution < 1.29 is 9.90 Å². The molecule has 7 heteroatoms. The van der Waals surface area contributed by atoms with Crippen LogP contribution in [-0.4, -0.2) is 39.8 Å². The van der Waals surface area contributed by atoms with Crippen LogP contribution in [0, 0.1) is 0 Å². The highest BCUT2D eigenvalue weighted by Crippen LogP contribution is 2.36. The highest BCUT2D eigenvalue weighted by molar-refractivity contribution is 6.33. The normalized spacial score (nSPS) is 11.0. The Bertz CT molecular complexity index is 1180. The Balaban J connectivity index is 2.03. The van der Waals surface area contributed by atoms with E-state index in [9.17, 15) is 9.90 Å². The molecule has 0 saturated carbocycles. The monoisotopic (exact) mass is 392 g/mol. The first-order valence-electron chi connectivity index (χ1n) is 8.60. The third kappa shape index (κ3) is 2.97. The number of carboxylic acid groups (broad SMARTS) is 1. The van der Waals surface area contributed by atoms with E-state index in [-0.39, 0.29) is 11.2 Å². The summed E-state index contributed by atoms with van der Waals surface area (Å²) in [6, 6.07) is 15.4. The highest BCUT2D eigenvalue weighted by Gasteiger charge is 2.20. The minimum Gasteiger partial charge on any atom is -0.477 e. The van der Waals surface area contributed by atoms with Crippen LogP contribution in [0.2, 0.25) is 5.02 Å². The molecule has 6 nitrogen and oxygen atoms in total. The van der Waals surface area contributed by atoms with Crippen molar-refractivity contribution in [3.05, 3.63) is 71.5 Å². The SMILES string of the molecule is CN(C)c1ccc(-c2c(-c3ccccc3Cl)cnc3c(C(=O)O)cnn23)cc1. The van der Waals surface area contributed by atoms with Gasteiger partial charge in [0, 0.05) is 47.7 Å². The fourth-order valence-corrected chi connectivity index (χ4v) is 3.39. The molecule has 0 atom stereocenters. The van der Waals surface area contributed by atoms with Gasteiger partial charge in [-0.25, -0.2) is 14.3 Å². The number of fused-ring (bicyclic) bond motifs is 1. The molecule has 0 radical (unpaired) electrons. The number of hydrogen-bond acceptors (Lipinski definition) is 4. The molecule has 140 valence electrons. The second kappa shape index (κ2) is 6.98. The summed E-state index contributed by atoms with van der Waals surface area (Å²) in [6.07, 6.45) is 2.97. The molecule has 0 fully saturated rings. The number of aromatic nitrogens is 3. The molecule has 4 aromatic rings. The number of aromatic carboxylic acids is 1. The zero-order valence-electron chi connectivity index (χ0n) is 15.3. The third-order valence-corrected chi connectivity index (χ3v) is 4.91. The van der Waals surface area contributed by atoms with E-state index in [1.165, 1.54) is 6.20 Å². The van der Waals surface area contributed by atoms with Crippen LogP contribution < -0.4 is 4.90 Å². The molecule has 0 aliphatic heterocycles. The van der Waals surface area contributed by atoms with Crippen LogP contribution in [-0.2, 0) is 0 Å². The Morgan fingerprint density at radius 1 is 1.04 bits per heavy atom. The van der Waals surface area contributed by atoms with Gasteiger partial charge in [-0.15, -0.1) is 0 Å². The first-order valence-corrected chi connectivity index (χ1v) is 8.98. The summed E-state index contributed by atoms with van der Waals surface area (Å²) in [5, 5.41) is 14.3. The first-order chi connectivity index (χ1) is 13.5. The molecule has 2 aromatic heterocycles. The van der Waals surface area contributed by atoms with Gasteiger partial charge in [-0.05, 0) is 18.2 Å². The van der Waals surface area contributed by atoms with Crippen LogP contribution in [0.15, 0.2) is 60.9 Å². The van der Waals surface area contributed by atoms with E-state index in [0.717, 1.165) is 28.1 Å². The molecule has 0 amide bonds. The molecule has 0 aliphatic rings. The standard InChI is InChI=1S/C21H17ClN4O2/c1-25(2)14-9-7-13(8-10-14)19-16(15-5-3-4-6-18(15)22)11-23-20-17(21(27)28)12-24-26(19)20/h3-12H,1-2H3,(H,27,28). The van der Waals surface area contributed by atoms with Crippen LogP contribution in [0.25, 0.3) is 28.0 Å². The Kier molecular flexibility index (Phi) is 4.49. The smallest absolute Gasteiger partial charge is 0.341 e. The Labute approximate surface area is 166 Å². The van der Waals surface area contributed by atoms with Crippen molar-refractivity contribution in [2.45, 2.75) is 0 Å². The summed E-state index contributed by atoms with van der Waals surface area (Å²) in [5.41, 5.74) is 4.59. The molecule has 28 heavy (non-hydrogen) atoms. The maximum absolute atomic E-state index is 11.5. The van der Waals surface area contributed by atoms with Crippen molar-refractivity contribution in [3.63, 3.8) is 0 Å². The minimum absolute atomic E-state index is 0.0527. The average Bonchev–Trinajstić information content (AvgIpc) is 3.12. The molecular formula is C21H17ClN4O2. The number of halogens is 1. The van der Waals surface area contributed by atoms with E-state index in [1.807, 2.05) is 67.5 Å². The van der Waals surface area contributed by atoms with Gasteiger partial charge < -0.3 is 10.0 Å². The molecule has 0 spiro atoms. The van der Waals surface area contributed by atoms with Gasteiger partial charge in [0.25, 0.3) is 0 Å². The summed E-state index contributed by atoms with van der Waals surface area (Å²) in [6.45, 7) is 0. The van der Waals surface area contributed by atoms with E-state index in [1.54, 1.807) is 10.7 Å². The van der Waals surface area contributed by atoms with E-state index in [0.29, 0.717) is 5.02 Å². The van der Waals surface area contributed by atoms with E-state index >= 15 is 0 Å². The number of nitrogens with zero attached hydrogens (tertiary/aromatic N) is 4. The van der Waals surface area contributed by atoms with Crippen LogP contribution in [0.4, 0.5) is 5.69 Å². The Hall–Kier alpha value is -3.38. The summed E-state index contributed by atoms with van der Waals surface area (Å²) in [5.74, 6) is -1.07. The second-order valence-electron chi connectivity index (χ2n) is 6.54. The van der Waals surface area contributed by atoms with Crippen molar-refractivity contribution in [3.8, 4) is 22.4 Å². The first kappa shape index (κ1) is 18.0. The van der Waals surface area contributed by atoms with Gasteiger partial charge in [0.15, 0.2) is 5.65 Å². The van der Waals surface area contributed by atoms with Gasteiger partial charge in [0.2, 0.25) is 0 Å². The molecule has 2 heterocycles. The second-order valence-corrected chi connectivity index (χ2v) is 6.95. The van der Waals surface area contributed by atoms with E-state index in [4.69, 9.17) is 11.6 Å². The fraction of sp³-hybridized carbons (Fsp3) is 0.0952. The minimum atomic E-state index is -1.07. The number of hydrogen-bond donors (Lipinski definition) is 1.